The second-order valence-electron chi connectivity index (χ2n) is 6.25. The first kappa shape index (κ1) is 16.3. The number of thiazole rings is 1. The van der Waals surface area contributed by atoms with Crippen molar-refractivity contribution in [2.75, 3.05) is 13.7 Å². The average molecular weight is 352 g/mol. The van der Waals surface area contributed by atoms with E-state index in [9.17, 15) is 5.11 Å². The molecule has 0 aliphatic carbocycles. The Bertz CT molecular complexity index is 877. The van der Waals surface area contributed by atoms with Crippen molar-refractivity contribution in [2.24, 2.45) is 0 Å². The lowest BCUT2D eigenvalue weighted by Crippen LogP contribution is -2.32. The van der Waals surface area contributed by atoms with E-state index in [1.165, 1.54) is 10.4 Å². The quantitative estimate of drug-likeness (QED) is 0.774. The molecule has 4 nitrogen and oxygen atoms in total. The van der Waals surface area contributed by atoms with E-state index >= 15 is 0 Å². The molecule has 0 bridgehead atoms. The maximum absolute atomic E-state index is 10.4. The van der Waals surface area contributed by atoms with Crippen LogP contribution in [0.1, 0.15) is 22.1 Å². The fourth-order valence-electron chi connectivity index (χ4n) is 3.26. The minimum atomic E-state index is -0.421. The Kier molecular flexibility index (Phi) is 4.53. The summed E-state index contributed by atoms with van der Waals surface area (Å²) in [6, 6.07) is 16.1. The first-order valence-corrected chi connectivity index (χ1v) is 9.12. The highest BCUT2D eigenvalue weighted by atomic mass is 32.1. The number of fused-ring (bicyclic) bond motifs is 1. The lowest BCUT2D eigenvalue weighted by molar-refractivity contribution is 0.0887. The van der Waals surface area contributed by atoms with Crippen LogP contribution in [0.25, 0.3) is 10.6 Å². The highest BCUT2D eigenvalue weighted by Gasteiger charge is 2.23. The summed E-state index contributed by atoms with van der Waals surface area (Å²) in [5.41, 5.74) is 3.33. The van der Waals surface area contributed by atoms with Crippen LogP contribution in [0, 0.1) is 0 Å². The van der Waals surface area contributed by atoms with Crippen molar-refractivity contribution in [1.82, 2.24) is 9.88 Å². The van der Waals surface area contributed by atoms with Gasteiger partial charge in [-0.3, -0.25) is 4.90 Å². The number of β-amino-alcohol motifs (C(OH)–C–C–N with tert-alkyl or cyclic N) is 1. The maximum Gasteiger partial charge on any atom is 0.123 e. The zero-order valence-corrected chi connectivity index (χ0v) is 14.9. The molecule has 25 heavy (non-hydrogen) atoms. The topological polar surface area (TPSA) is 45.6 Å². The molecule has 1 aliphatic heterocycles. The van der Waals surface area contributed by atoms with E-state index in [0.29, 0.717) is 6.54 Å². The highest BCUT2D eigenvalue weighted by Crippen LogP contribution is 2.31. The number of benzene rings is 2. The number of aliphatic hydroxyl groups is 1. The van der Waals surface area contributed by atoms with Gasteiger partial charge < -0.3 is 9.84 Å². The summed E-state index contributed by atoms with van der Waals surface area (Å²) >= 11 is 1.69. The van der Waals surface area contributed by atoms with Crippen molar-refractivity contribution >= 4 is 11.3 Å². The minimum Gasteiger partial charge on any atom is -0.497 e. The normalized spacial score (nSPS) is 17.3. The van der Waals surface area contributed by atoms with E-state index in [0.717, 1.165) is 35.0 Å². The molecule has 0 spiro atoms. The van der Waals surface area contributed by atoms with E-state index in [4.69, 9.17) is 4.74 Å². The van der Waals surface area contributed by atoms with Gasteiger partial charge in [-0.1, -0.05) is 36.4 Å². The molecule has 1 aliphatic rings. The van der Waals surface area contributed by atoms with Gasteiger partial charge in [0.15, 0.2) is 0 Å². The number of methoxy groups -OCH3 is 1. The number of hydrogen-bond donors (Lipinski definition) is 1. The lowest BCUT2D eigenvalue weighted by atomic mass is 9.97. The molecular weight excluding hydrogens is 332 g/mol. The van der Waals surface area contributed by atoms with Gasteiger partial charge >= 0.3 is 0 Å². The Balaban J connectivity index is 1.50. The zero-order valence-electron chi connectivity index (χ0n) is 14.1. The minimum absolute atomic E-state index is 0.421. The third kappa shape index (κ3) is 3.44. The Morgan fingerprint density at radius 3 is 3.00 bits per heavy atom. The summed E-state index contributed by atoms with van der Waals surface area (Å²) in [4.78, 5) is 8.04. The third-order valence-electron chi connectivity index (χ3n) is 4.49. The van der Waals surface area contributed by atoms with Crippen LogP contribution in [0.3, 0.4) is 0 Å². The molecule has 1 N–H and O–H groups in total. The van der Waals surface area contributed by atoms with Gasteiger partial charge in [-0.2, -0.15) is 0 Å². The van der Waals surface area contributed by atoms with Crippen LogP contribution >= 0.6 is 11.3 Å². The van der Waals surface area contributed by atoms with Gasteiger partial charge in [-0.25, -0.2) is 4.98 Å². The molecule has 2 heterocycles. The largest absolute Gasteiger partial charge is 0.497 e. The number of aromatic nitrogens is 1. The lowest BCUT2D eigenvalue weighted by Gasteiger charge is -2.31. The molecule has 0 fully saturated rings. The van der Waals surface area contributed by atoms with Gasteiger partial charge in [0.05, 0.1) is 13.2 Å². The summed E-state index contributed by atoms with van der Waals surface area (Å²) in [7, 11) is 1.67. The van der Waals surface area contributed by atoms with Gasteiger partial charge in [0.1, 0.15) is 10.8 Å². The molecule has 0 saturated carbocycles. The van der Waals surface area contributed by atoms with Crippen molar-refractivity contribution in [1.29, 1.82) is 0 Å². The van der Waals surface area contributed by atoms with Crippen LogP contribution in [-0.2, 0) is 13.1 Å². The fourth-order valence-corrected chi connectivity index (χ4v) is 4.21. The Morgan fingerprint density at radius 2 is 2.12 bits per heavy atom. The molecule has 128 valence electrons. The van der Waals surface area contributed by atoms with Crippen molar-refractivity contribution < 1.29 is 9.84 Å². The summed E-state index contributed by atoms with van der Waals surface area (Å²) in [5.74, 6) is 0.838. The second-order valence-corrected chi connectivity index (χ2v) is 7.36. The van der Waals surface area contributed by atoms with Crippen molar-refractivity contribution in [3.05, 3.63) is 70.7 Å². The first-order chi connectivity index (χ1) is 12.2. The van der Waals surface area contributed by atoms with E-state index in [-0.39, 0.29) is 0 Å². The number of nitrogens with zero attached hydrogens (tertiary/aromatic N) is 2. The summed E-state index contributed by atoms with van der Waals surface area (Å²) in [5, 5.41) is 11.4. The van der Waals surface area contributed by atoms with Crippen molar-refractivity contribution in [3.8, 4) is 16.3 Å². The molecular formula is C20H20N2O2S. The summed E-state index contributed by atoms with van der Waals surface area (Å²) in [6.45, 7) is 2.32. The molecule has 1 atom stereocenters. The van der Waals surface area contributed by atoms with E-state index < -0.39 is 6.10 Å². The van der Waals surface area contributed by atoms with Gasteiger partial charge in [0.25, 0.3) is 0 Å². The van der Waals surface area contributed by atoms with Crippen LogP contribution in [0.15, 0.2) is 54.7 Å². The van der Waals surface area contributed by atoms with Crippen LogP contribution in [0.2, 0.25) is 0 Å². The van der Waals surface area contributed by atoms with Crippen molar-refractivity contribution in [3.63, 3.8) is 0 Å². The van der Waals surface area contributed by atoms with Gasteiger partial charge in [0, 0.05) is 36.3 Å². The Hall–Kier alpha value is -2.21. The highest BCUT2D eigenvalue weighted by molar-refractivity contribution is 7.15. The monoisotopic (exact) mass is 352 g/mol. The predicted octanol–water partition coefficient (Wildman–Crippen LogP) is 3.87. The maximum atomic E-state index is 10.4. The number of rotatable bonds is 4. The number of aliphatic hydroxyl groups excluding tert-OH is 1. The molecule has 5 heteroatoms. The summed E-state index contributed by atoms with van der Waals surface area (Å²) in [6.07, 6.45) is 1.52. The van der Waals surface area contributed by atoms with E-state index in [1.807, 2.05) is 48.7 Å². The molecule has 0 unspecified atom stereocenters. The zero-order chi connectivity index (χ0) is 17.2. The molecule has 3 aromatic rings. The van der Waals surface area contributed by atoms with E-state index in [1.54, 1.807) is 18.4 Å². The van der Waals surface area contributed by atoms with Crippen LogP contribution < -0.4 is 4.74 Å². The van der Waals surface area contributed by atoms with Crippen molar-refractivity contribution in [2.45, 2.75) is 19.2 Å². The smallest absolute Gasteiger partial charge is 0.123 e. The van der Waals surface area contributed by atoms with Crippen LogP contribution in [-0.4, -0.2) is 28.6 Å². The average Bonchev–Trinajstić information content (AvgIpc) is 3.10. The molecule has 2 aromatic carbocycles. The molecule has 4 rings (SSSR count). The molecule has 1 aromatic heterocycles. The van der Waals surface area contributed by atoms with Gasteiger partial charge in [-0.05, 0) is 23.3 Å². The van der Waals surface area contributed by atoms with Gasteiger partial charge in [-0.15, -0.1) is 11.3 Å². The SMILES string of the molecule is COc1cccc(-c2ncc(CN3Cc4ccccc4[C@@H](O)C3)s2)c1. The predicted molar refractivity (Wildman–Crippen MR) is 99.6 cm³/mol. The Morgan fingerprint density at radius 1 is 1.24 bits per heavy atom. The fraction of sp³-hybridized carbons (Fsp3) is 0.250. The molecule has 0 saturated heterocycles. The standard InChI is InChI=1S/C20H20N2O2S/c1-24-16-7-4-6-14(9-16)20-21-10-17(25-20)12-22-11-15-5-2-3-8-18(15)19(23)13-22/h2-10,19,23H,11-13H2,1H3/t19-/m0/s1. The van der Waals surface area contributed by atoms with Crippen LogP contribution in [0.5, 0.6) is 5.75 Å². The molecule has 0 amide bonds. The first-order valence-electron chi connectivity index (χ1n) is 8.30. The molecule has 0 radical (unpaired) electrons. The second kappa shape index (κ2) is 6.96. The number of ether oxygens (including phenoxy) is 1. The van der Waals surface area contributed by atoms with E-state index in [2.05, 4.69) is 16.0 Å². The van der Waals surface area contributed by atoms with Gasteiger partial charge in [0.2, 0.25) is 0 Å². The number of hydrogen-bond acceptors (Lipinski definition) is 5. The summed E-state index contributed by atoms with van der Waals surface area (Å²) < 4.78 is 5.29. The third-order valence-corrected chi connectivity index (χ3v) is 5.52. The Labute approximate surface area is 151 Å². The van der Waals surface area contributed by atoms with Crippen LogP contribution in [0.4, 0.5) is 0 Å².